The maximum Gasteiger partial charge on any atom is 0.123 e. The molecule has 1 aromatic heterocycles. The molecule has 0 N–H and O–H groups in total. The van der Waals surface area contributed by atoms with E-state index in [1.54, 1.807) is 0 Å². The first-order valence-corrected chi connectivity index (χ1v) is 7.61. The molecule has 112 valence electrons. The van der Waals surface area contributed by atoms with Gasteiger partial charge in [0.1, 0.15) is 5.82 Å². The normalized spacial score (nSPS) is 11.1. The van der Waals surface area contributed by atoms with Gasteiger partial charge in [-0.1, -0.05) is 44.2 Å². The summed E-state index contributed by atoms with van der Waals surface area (Å²) in [5.41, 5.74) is 5.82. The van der Waals surface area contributed by atoms with Crippen LogP contribution in [0.5, 0.6) is 0 Å². The fourth-order valence-electron chi connectivity index (χ4n) is 2.90. The molecule has 0 unspecified atom stereocenters. The summed E-state index contributed by atoms with van der Waals surface area (Å²) in [6.45, 7) is 6.52. The third-order valence-electron chi connectivity index (χ3n) is 4.04. The number of nitrogens with zero attached hydrogens (tertiary/aromatic N) is 1. The first-order valence-electron chi connectivity index (χ1n) is 7.61. The van der Waals surface area contributed by atoms with Crippen LogP contribution in [0.1, 0.15) is 31.2 Å². The van der Waals surface area contributed by atoms with E-state index in [1.807, 2.05) is 18.2 Å². The van der Waals surface area contributed by atoms with E-state index in [-0.39, 0.29) is 5.82 Å². The lowest BCUT2D eigenvalue weighted by Crippen LogP contribution is -2.03. The zero-order valence-electron chi connectivity index (χ0n) is 13.2. The maximum atomic E-state index is 13.2. The van der Waals surface area contributed by atoms with Gasteiger partial charge in [-0.3, -0.25) is 0 Å². The Morgan fingerprint density at radius 1 is 0.909 bits per heavy atom. The first-order chi connectivity index (χ1) is 10.6. The monoisotopic (exact) mass is 293 g/mol. The van der Waals surface area contributed by atoms with Crippen molar-refractivity contribution in [1.29, 1.82) is 0 Å². The van der Waals surface area contributed by atoms with E-state index >= 15 is 0 Å². The van der Waals surface area contributed by atoms with Crippen molar-refractivity contribution >= 4 is 0 Å². The van der Waals surface area contributed by atoms with E-state index in [1.165, 1.54) is 23.5 Å². The standard InChI is InChI=1S/C20H20FN/c1-14(2)20-13-19(16-9-11-17(21)12-10-16)15(3)22(20)18-7-5-4-6-8-18/h4-14H,1-3H3. The van der Waals surface area contributed by atoms with Crippen molar-refractivity contribution in [2.24, 2.45) is 0 Å². The lowest BCUT2D eigenvalue weighted by molar-refractivity contribution is 0.628. The Morgan fingerprint density at radius 2 is 1.55 bits per heavy atom. The number of para-hydroxylation sites is 1. The van der Waals surface area contributed by atoms with E-state index in [0.717, 1.165) is 16.8 Å². The smallest absolute Gasteiger partial charge is 0.123 e. The minimum absolute atomic E-state index is 0.201. The summed E-state index contributed by atoms with van der Waals surface area (Å²) < 4.78 is 15.5. The molecule has 0 atom stereocenters. The molecular formula is C20H20FN. The fourth-order valence-corrected chi connectivity index (χ4v) is 2.90. The van der Waals surface area contributed by atoms with Crippen LogP contribution in [0.2, 0.25) is 0 Å². The molecule has 0 radical (unpaired) electrons. The molecule has 3 rings (SSSR count). The third kappa shape index (κ3) is 2.57. The predicted molar refractivity (Wildman–Crippen MR) is 90.0 cm³/mol. The highest BCUT2D eigenvalue weighted by molar-refractivity contribution is 5.69. The van der Waals surface area contributed by atoms with Crippen LogP contribution in [0, 0.1) is 12.7 Å². The summed E-state index contributed by atoms with van der Waals surface area (Å²) in [4.78, 5) is 0. The van der Waals surface area contributed by atoms with Gasteiger partial charge in [0.15, 0.2) is 0 Å². The average molecular weight is 293 g/mol. The van der Waals surface area contributed by atoms with Crippen LogP contribution < -0.4 is 0 Å². The highest BCUT2D eigenvalue weighted by atomic mass is 19.1. The van der Waals surface area contributed by atoms with Gasteiger partial charge in [0.05, 0.1) is 0 Å². The Kier molecular flexibility index (Phi) is 3.84. The summed E-state index contributed by atoms with van der Waals surface area (Å²) in [6, 6.07) is 19.3. The Bertz CT molecular complexity index is 767. The van der Waals surface area contributed by atoms with Gasteiger partial charge in [0, 0.05) is 22.6 Å². The quantitative estimate of drug-likeness (QED) is 0.582. The van der Waals surface area contributed by atoms with E-state index < -0.39 is 0 Å². The Hall–Kier alpha value is -2.35. The van der Waals surface area contributed by atoms with E-state index in [9.17, 15) is 4.39 Å². The molecule has 1 heterocycles. The Morgan fingerprint density at radius 3 is 2.14 bits per heavy atom. The SMILES string of the molecule is Cc1c(-c2ccc(F)cc2)cc(C(C)C)n1-c1ccccc1. The molecule has 2 aromatic carbocycles. The zero-order chi connectivity index (χ0) is 15.7. The summed E-state index contributed by atoms with van der Waals surface area (Å²) in [5, 5.41) is 0. The molecule has 0 saturated carbocycles. The molecule has 0 aliphatic carbocycles. The average Bonchev–Trinajstić information content (AvgIpc) is 2.87. The maximum absolute atomic E-state index is 13.2. The van der Waals surface area contributed by atoms with Crippen LogP contribution in [-0.4, -0.2) is 4.57 Å². The molecule has 0 saturated heterocycles. The molecule has 3 aromatic rings. The van der Waals surface area contributed by atoms with Crippen LogP contribution in [0.15, 0.2) is 60.7 Å². The fraction of sp³-hybridized carbons (Fsp3) is 0.200. The van der Waals surface area contributed by atoms with Crippen molar-refractivity contribution in [3.05, 3.63) is 77.9 Å². The van der Waals surface area contributed by atoms with Gasteiger partial charge in [0.25, 0.3) is 0 Å². The minimum atomic E-state index is -0.201. The van der Waals surface area contributed by atoms with Gasteiger partial charge >= 0.3 is 0 Å². The lowest BCUT2D eigenvalue weighted by atomic mass is 10.0. The van der Waals surface area contributed by atoms with Crippen LogP contribution in [0.25, 0.3) is 16.8 Å². The van der Waals surface area contributed by atoms with Gasteiger partial charge in [-0.2, -0.15) is 0 Å². The van der Waals surface area contributed by atoms with Crippen LogP contribution >= 0.6 is 0 Å². The molecule has 0 aliphatic rings. The molecule has 0 aliphatic heterocycles. The van der Waals surface area contributed by atoms with Gasteiger partial charge in [-0.05, 0) is 48.7 Å². The predicted octanol–water partition coefficient (Wildman–Crippen LogP) is 5.72. The molecule has 0 bridgehead atoms. The highest BCUT2D eigenvalue weighted by Crippen LogP contribution is 2.33. The summed E-state index contributed by atoms with van der Waals surface area (Å²) >= 11 is 0. The van der Waals surface area contributed by atoms with E-state index in [0.29, 0.717) is 5.92 Å². The highest BCUT2D eigenvalue weighted by Gasteiger charge is 2.16. The minimum Gasteiger partial charge on any atom is -0.317 e. The van der Waals surface area contributed by atoms with Crippen LogP contribution in [0.4, 0.5) is 4.39 Å². The third-order valence-corrected chi connectivity index (χ3v) is 4.04. The van der Waals surface area contributed by atoms with Gasteiger partial charge < -0.3 is 4.57 Å². The number of halogens is 1. The van der Waals surface area contributed by atoms with Gasteiger partial charge in [-0.25, -0.2) is 4.39 Å². The zero-order valence-corrected chi connectivity index (χ0v) is 13.2. The largest absolute Gasteiger partial charge is 0.317 e. The summed E-state index contributed by atoms with van der Waals surface area (Å²) in [6.07, 6.45) is 0. The Labute approximate surface area is 131 Å². The molecule has 0 amide bonds. The number of benzene rings is 2. The second kappa shape index (κ2) is 5.80. The molecule has 2 heteroatoms. The lowest BCUT2D eigenvalue weighted by Gasteiger charge is -2.14. The van der Waals surface area contributed by atoms with Gasteiger partial charge in [0.2, 0.25) is 0 Å². The van der Waals surface area contributed by atoms with Crippen molar-refractivity contribution in [3.8, 4) is 16.8 Å². The van der Waals surface area contributed by atoms with Crippen molar-refractivity contribution in [2.45, 2.75) is 26.7 Å². The topological polar surface area (TPSA) is 4.93 Å². The second-order valence-electron chi connectivity index (χ2n) is 5.90. The van der Waals surface area contributed by atoms with Crippen molar-refractivity contribution in [1.82, 2.24) is 4.57 Å². The Balaban J connectivity index is 2.20. The number of aromatic nitrogens is 1. The summed E-state index contributed by atoms with van der Waals surface area (Å²) in [5.74, 6) is 0.209. The van der Waals surface area contributed by atoms with Crippen molar-refractivity contribution in [2.75, 3.05) is 0 Å². The van der Waals surface area contributed by atoms with E-state index in [4.69, 9.17) is 0 Å². The van der Waals surface area contributed by atoms with Crippen LogP contribution in [0.3, 0.4) is 0 Å². The van der Waals surface area contributed by atoms with Gasteiger partial charge in [-0.15, -0.1) is 0 Å². The number of hydrogen-bond acceptors (Lipinski definition) is 0. The molecule has 0 spiro atoms. The van der Waals surface area contributed by atoms with Crippen molar-refractivity contribution < 1.29 is 4.39 Å². The van der Waals surface area contributed by atoms with Crippen molar-refractivity contribution in [3.63, 3.8) is 0 Å². The molecule has 0 fully saturated rings. The number of hydrogen-bond donors (Lipinski definition) is 0. The molecule has 22 heavy (non-hydrogen) atoms. The molecule has 1 nitrogen and oxygen atoms in total. The first kappa shape index (κ1) is 14.6. The van der Waals surface area contributed by atoms with Crippen LogP contribution in [-0.2, 0) is 0 Å². The number of rotatable bonds is 3. The molecular weight excluding hydrogens is 273 g/mol. The second-order valence-corrected chi connectivity index (χ2v) is 5.90. The van der Waals surface area contributed by atoms with E-state index in [2.05, 4.69) is 55.7 Å². The summed E-state index contributed by atoms with van der Waals surface area (Å²) in [7, 11) is 0.